The number of imide groups is 1. The lowest BCUT2D eigenvalue weighted by Crippen LogP contribution is -2.43. The first-order chi connectivity index (χ1) is 14.8. The van der Waals surface area contributed by atoms with Crippen LogP contribution in [-0.4, -0.2) is 46.6 Å². The number of carboxylic acids is 1. The van der Waals surface area contributed by atoms with Crippen LogP contribution >= 0.6 is 0 Å². The Kier molecular flexibility index (Phi) is 5.20. The summed E-state index contributed by atoms with van der Waals surface area (Å²) >= 11 is 0. The molecule has 31 heavy (non-hydrogen) atoms. The van der Waals surface area contributed by atoms with Crippen molar-refractivity contribution in [1.82, 2.24) is 5.32 Å². The molecule has 2 heterocycles. The monoisotopic (exact) mass is 424 g/mol. The van der Waals surface area contributed by atoms with Crippen LogP contribution in [-0.2, 0) is 19.1 Å². The fourth-order valence-electron chi connectivity index (χ4n) is 4.29. The standard InChI is InChI=1S/C22H20N2O7/c1-2-31-22(30)11-7-9-12(10-8-11)24-19(26)15-16(20(24)27)18(21(28)29)23-17(15)13-5-3-4-6-14(13)25/h3-10,15-18,23,25H,2H2,1H3,(H,28,29)/t15-,16+,17+,18-/m0/s1. The molecule has 3 N–H and O–H groups in total. The molecule has 0 unspecified atom stereocenters. The second-order valence-corrected chi connectivity index (χ2v) is 7.35. The number of fused-ring (bicyclic) bond motifs is 1. The number of para-hydroxylation sites is 1. The average Bonchev–Trinajstić information content (AvgIpc) is 3.26. The van der Waals surface area contributed by atoms with Crippen LogP contribution < -0.4 is 10.2 Å². The number of nitrogens with one attached hydrogen (secondary N) is 1. The molecule has 2 aliphatic rings. The third-order valence-electron chi connectivity index (χ3n) is 5.65. The van der Waals surface area contributed by atoms with E-state index in [1.165, 1.54) is 30.3 Å². The molecule has 9 nitrogen and oxygen atoms in total. The van der Waals surface area contributed by atoms with Crippen molar-refractivity contribution in [3.63, 3.8) is 0 Å². The fraction of sp³-hybridized carbons (Fsp3) is 0.273. The van der Waals surface area contributed by atoms with Gasteiger partial charge in [0.2, 0.25) is 11.8 Å². The van der Waals surface area contributed by atoms with E-state index in [9.17, 15) is 29.4 Å². The van der Waals surface area contributed by atoms with Crippen molar-refractivity contribution in [3.8, 4) is 5.75 Å². The van der Waals surface area contributed by atoms with Gasteiger partial charge in [-0.1, -0.05) is 18.2 Å². The number of amides is 2. The number of phenolic OH excluding ortho intramolecular Hbond substituents is 1. The highest BCUT2D eigenvalue weighted by molar-refractivity contribution is 6.23. The zero-order chi connectivity index (χ0) is 22.3. The van der Waals surface area contributed by atoms with Crippen LogP contribution in [0.3, 0.4) is 0 Å². The predicted molar refractivity (Wildman–Crippen MR) is 107 cm³/mol. The molecule has 0 spiro atoms. The van der Waals surface area contributed by atoms with Gasteiger partial charge in [0.05, 0.1) is 29.7 Å². The zero-order valence-electron chi connectivity index (χ0n) is 16.5. The van der Waals surface area contributed by atoms with E-state index in [-0.39, 0.29) is 23.6 Å². The topological polar surface area (TPSA) is 133 Å². The second-order valence-electron chi connectivity index (χ2n) is 7.35. The number of carbonyl (C=O) groups is 4. The highest BCUT2D eigenvalue weighted by atomic mass is 16.5. The largest absolute Gasteiger partial charge is 0.508 e. The molecule has 4 atom stereocenters. The maximum Gasteiger partial charge on any atom is 0.338 e. The molecule has 0 radical (unpaired) electrons. The van der Waals surface area contributed by atoms with E-state index < -0.39 is 47.7 Å². The van der Waals surface area contributed by atoms with Gasteiger partial charge in [-0.15, -0.1) is 0 Å². The van der Waals surface area contributed by atoms with Crippen LogP contribution in [0.4, 0.5) is 5.69 Å². The number of hydrogen-bond acceptors (Lipinski definition) is 7. The van der Waals surface area contributed by atoms with Crippen molar-refractivity contribution in [2.45, 2.75) is 19.0 Å². The Morgan fingerprint density at radius 1 is 1.03 bits per heavy atom. The van der Waals surface area contributed by atoms with E-state index in [0.717, 1.165) is 4.90 Å². The molecule has 0 aliphatic carbocycles. The molecule has 4 rings (SSSR count). The molecular formula is C22H20N2O7. The minimum absolute atomic E-state index is 0.0951. The van der Waals surface area contributed by atoms with Crippen LogP contribution in [0.1, 0.15) is 28.9 Å². The van der Waals surface area contributed by atoms with Crippen LogP contribution in [0.25, 0.3) is 0 Å². The highest BCUT2D eigenvalue weighted by Crippen LogP contribution is 2.46. The van der Waals surface area contributed by atoms with E-state index in [4.69, 9.17) is 4.74 Å². The summed E-state index contributed by atoms with van der Waals surface area (Å²) in [5.41, 5.74) is 0.849. The number of carboxylic acid groups (broad SMARTS) is 1. The quantitative estimate of drug-likeness (QED) is 0.485. The molecule has 9 heteroatoms. The molecule has 0 bridgehead atoms. The number of aromatic hydroxyl groups is 1. The normalized spacial score (nSPS) is 24.9. The van der Waals surface area contributed by atoms with Crippen molar-refractivity contribution >= 4 is 29.4 Å². The first-order valence-corrected chi connectivity index (χ1v) is 9.77. The molecule has 2 fully saturated rings. The molecule has 2 aromatic rings. The smallest absolute Gasteiger partial charge is 0.338 e. The third kappa shape index (κ3) is 3.32. The maximum atomic E-state index is 13.3. The predicted octanol–water partition coefficient (Wildman–Crippen LogP) is 1.47. The minimum Gasteiger partial charge on any atom is -0.508 e. The molecule has 2 amide bonds. The van der Waals surface area contributed by atoms with Crippen LogP contribution in [0.2, 0.25) is 0 Å². The van der Waals surface area contributed by atoms with E-state index >= 15 is 0 Å². The highest BCUT2D eigenvalue weighted by Gasteiger charge is 2.61. The summed E-state index contributed by atoms with van der Waals surface area (Å²) in [6, 6.07) is 9.94. The molecule has 0 aromatic heterocycles. The Bertz CT molecular complexity index is 1070. The Morgan fingerprint density at radius 2 is 1.68 bits per heavy atom. The third-order valence-corrected chi connectivity index (χ3v) is 5.65. The first kappa shape index (κ1) is 20.5. The van der Waals surface area contributed by atoms with Gasteiger partial charge in [0.1, 0.15) is 11.8 Å². The number of aliphatic carboxylic acids is 1. The van der Waals surface area contributed by atoms with Gasteiger partial charge in [0.25, 0.3) is 0 Å². The lowest BCUT2D eigenvalue weighted by atomic mass is 9.86. The molecule has 2 aliphatic heterocycles. The minimum atomic E-state index is -1.28. The molecule has 160 valence electrons. The Hall–Kier alpha value is -3.72. The van der Waals surface area contributed by atoms with Crippen LogP contribution in [0, 0.1) is 11.8 Å². The summed E-state index contributed by atoms with van der Waals surface area (Å²) in [4.78, 5) is 51.0. The number of esters is 1. The van der Waals surface area contributed by atoms with Crippen molar-refractivity contribution in [2.24, 2.45) is 11.8 Å². The summed E-state index contributed by atoms with van der Waals surface area (Å²) < 4.78 is 4.93. The van der Waals surface area contributed by atoms with Crippen LogP contribution in [0.5, 0.6) is 5.75 Å². The van der Waals surface area contributed by atoms with Gasteiger partial charge in [-0.05, 0) is 37.3 Å². The SMILES string of the molecule is CCOC(=O)c1ccc(N2C(=O)[C@@H]3[C@H](C2=O)[C@@H](c2ccccc2O)N[C@@H]3C(=O)O)cc1. The number of hydrogen-bond donors (Lipinski definition) is 3. The van der Waals surface area contributed by atoms with Gasteiger partial charge in [0, 0.05) is 11.6 Å². The Morgan fingerprint density at radius 3 is 2.29 bits per heavy atom. The lowest BCUT2D eigenvalue weighted by molar-refractivity contribution is -0.142. The fourth-order valence-corrected chi connectivity index (χ4v) is 4.29. The van der Waals surface area contributed by atoms with E-state index in [1.807, 2.05) is 0 Å². The molecule has 2 aromatic carbocycles. The first-order valence-electron chi connectivity index (χ1n) is 9.77. The van der Waals surface area contributed by atoms with E-state index in [2.05, 4.69) is 5.32 Å². The van der Waals surface area contributed by atoms with Gasteiger partial charge in [-0.25, -0.2) is 9.69 Å². The molecule has 2 saturated heterocycles. The van der Waals surface area contributed by atoms with Gasteiger partial charge in [0.15, 0.2) is 0 Å². The van der Waals surface area contributed by atoms with Gasteiger partial charge in [-0.3, -0.25) is 19.7 Å². The van der Waals surface area contributed by atoms with Crippen molar-refractivity contribution in [2.75, 3.05) is 11.5 Å². The maximum absolute atomic E-state index is 13.3. The van der Waals surface area contributed by atoms with Gasteiger partial charge >= 0.3 is 11.9 Å². The van der Waals surface area contributed by atoms with Gasteiger partial charge < -0.3 is 14.9 Å². The van der Waals surface area contributed by atoms with Crippen LogP contribution in [0.15, 0.2) is 48.5 Å². The summed E-state index contributed by atoms with van der Waals surface area (Å²) in [5, 5.41) is 22.7. The summed E-state index contributed by atoms with van der Waals surface area (Å²) in [6.07, 6.45) is 0. The summed E-state index contributed by atoms with van der Waals surface area (Å²) in [6.45, 7) is 1.89. The number of nitrogens with zero attached hydrogens (tertiary/aromatic N) is 1. The zero-order valence-corrected chi connectivity index (χ0v) is 16.5. The lowest BCUT2D eigenvalue weighted by Gasteiger charge is -2.22. The number of phenols is 1. The van der Waals surface area contributed by atoms with Crippen molar-refractivity contribution < 1.29 is 34.1 Å². The summed E-state index contributed by atoms with van der Waals surface area (Å²) in [7, 11) is 0. The van der Waals surface area contributed by atoms with Crippen molar-refractivity contribution in [3.05, 3.63) is 59.7 Å². The number of carbonyl (C=O) groups excluding carboxylic acids is 3. The Balaban J connectivity index is 1.70. The number of rotatable bonds is 5. The average molecular weight is 424 g/mol. The number of anilines is 1. The second kappa shape index (κ2) is 7.84. The Labute approximate surface area is 177 Å². The molecular weight excluding hydrogens is 404 g/mol. The van der Waals surface area contributed by atoms with E-state index in [1.54, 1.807) is 25.1 Å². The molecule has 0 saturated carbocycles. The number of benzene rings is 2. The van der Waals surface area contributed by atoms with E-state index in [0.29, 0.717) is 5.56 Å². The number of ether oxygens (including phenoxy) is 1. The van der Waals surface area contributed by atoms with Crippen molar-refractivity contribution in [1.29, 1.82) is 0 Å². The van der Waals surface area contributed by atoms with Gasteiger partial charge in [-0.2, -0.15) is 0 Å². The summed E-state index contributed by atoms with van der Waals surface area (Å²) in [5.74, 6) is -5.21.